The molecule has 0 spiro atoms. The molecule has 57 heavy (non-hydrogen) atoms. The third kappa shape index (κ3) is 5.17. The van der Waals surface area contributed by atoms with Crippen LogP contribution in [0.2, 0.25) is 0 Å². The van der Waals surface area contributed by atoms with Gasteiger partial charge in [0.1, 0.15) is 0 Å². The predicted octanol–water partition coefficient (Wildman–Crippen LogP) is 10.9. The van der Waals surface area contributed by atoms with E-state index in [0.717, 1.165) is 11.4 Å². The van der Waals surface area contributed by atoms with E-state index in [4.69, 9.17) is 0 Å². The number of para-hydroxylation sites is 3. The molecule has 0 aliphatic heterocycles. The van der Waals surface area contributed by atoms with Gasteiger partial charge in [-0.2, -0.15) is 0 Å². The zero-order chi connectivity index (χ0) is 37.8. The molecule has 268 valence electrons. The summed E-state index contributed by atoms with van der Waals surface area (Å²) in [5, 5.41) is 10.4. The largest absolute Gasteiger partial charge is 0.309 e. The van der Waals surface area contributed by atoms with Crippen molar-refractivity contribution >= 4 is 72.4 Å². The molecule has 0 saturated heterocycles. The first-order valence-electron chi connectivity index (χ1n) is 19.7. The van der Waals surface area contributed by atoms with Crippen LogP contribution < -0.4 is 20.7 Å². The molecule has 0 N–H and O–H groups in total. The standard InChI is InChI=1S/C54H38N2Si/c1-6-19-39(20-7-1)40-33-35-47-48-30-18-32-53(57(43-23-10-3-11-24-43,44-25-12-4-13-26-44)45-27-14-5-15-28-45)54(48)56(52(47)37-40)42-34-36-51-49(38-42)46-29-16-17-31-50(46)55(51)41-21-8-2-9-22-41/h1-38H. The second-order valence-electron chi connectivity index (χ2n) is 14.9. The Kier molecular flexibility index (Phi) is 7.87. The lowest BCUT2D eigenvalue weighted by molar-refractivity contribution is 1.17. The Labute approximate surface area is 333 Å². The van der Waals surface area contributed by atoms with E-state index in [1.807, 2.05) is 0 Å². The van der Waals surface area contributed by atoms with Crippen LogP contribution in [0.15, 0.2) is 231 Å². The zero-order valence-electron chi connectivity index (χ0n) is 31.3. The molecule has 2 heterocycles. The molecule has 0 radical (unpaired) electrons. The van der Waals surface area contributed by atoms with E-state index >= 15 is 0 Å². The van der Waals surface area contributed by atoms with E-state index in [1.165, 1.54) is 75.5 Å². The van der Waals surface area contributed by atoms with Gasteiger partial charge in [0.2, 0.25) is 0 Å². The molecule has 0 saturated carbocycles. The van der Waals surface area contributed by atoms with Crippen molar-refractivity contribution in [3.05, 3.63) is 231 Å². The van der Waals surface area contributed by atoms with Crippen molar-refractivity contribution in [3.8, 4) is 22.5 Å². The van der Waals surface area contributed by atoms with E-state index in [9.17, 15) is 0 Å². The number of hydrogen-bond acceptors (Lipinski definition) is 0. The van der Waals surface area contributed by atoms with Crippen molar-refractivity contribution in [3.63, 3.8) is 0 Å². The maximum absolute atomic E-state index is 2.93. The highest BCUT2D eigenvalue weighted by atomic mass is 28.3. The van der Waals surface area contributed by atoms with Gasteiger partial charge in [-0.25, -0.2) is 0 Å². The van der Waals surface area contributed by atoms with Crippen LogP contribution in [0.3, 0.4) is 0 Å². The van der Waals surface area contributed by atoms with Gasteiger partial charge in [0.15, 0.2) is 8.07 Å². The van der Waals surface area contributed by atoms with Crippen LogP contribution in [-0.4, -0.2) is 17.2 Å². The SMILES string of the molecule is c1ccc(-c2ccc3c4cccc([Si](c5ccccc5)(c5ccccc5)c5ccccc5)c4n(-c4ccc5c(c4)c4ccccc4n5-c4ccccc4)c3c2)cc1. The fourth-order valence-corrected chi connectivity index (χ4v) is 14.4. The van der Waals surface area contributed by atoms with E-state index in [0.29, 0.717) is 0 Å². The number of nitrogens with zero attached hydrogens (tertiary/aromatic N) is 2. The number of hydrogen-bond donors (Lipinski definition) is 0. The van der Waals surface area contributed by atoms with Gasteiger partial charge in [-0.15, -0.1) is 0 Å². The van der Waals surface area contributed by atoms with E-state index in [-0.39, 0.29) is 0 Å². The summed E-state index contributed by atoms with van der Waals surface area (Å²) >= 11 is 0. The summed E-state index contributed by atoms with van der Waals surface area (Å²) in [5.74, 6) is 0. The zero-order valence-corrected chi connectivity index (χ0v) is 32.3. The minimum Gasteiger partial charge on any atom is -0.309 e. The first kappa shape index (κ1) is 33.2. The number of fused-ring (bicyclic) bond motifs is 6. The average molecular weight is 743 g/mol. The molecule has 0 aliphatic rings. The van der Waals surface area contributed by atoms with Gasteiger partial charge in [-0.3, -0.25) is 0 Å². The lowest BCUT2D eigenvalue weighted by Gasteiger charge is -2.35. The van der Waals surface area contributed by atoms with Crippen LogP contribution in [0, 0.1) is 0 Å². The van der Waals surface area contributed by atoms with E-state index in [2.05, 4.69) is 240 Å². The maximum atomic E-state index is 2.58. The summed E-state index contributed by atoms with van der Waals surface area (Å²) in [6.07, 6.45) is 0. The first-order valence-corrected chi connectivity index (χ1v) is 21.7. The summed E-state index contributed by atoms with van der Waals surface area (Å²) in [6, 6.07) is 85.3. The molecule has 3 heteroatoms. The summed E-state index contributed by atoms with van der Waals surface area (Å²) < 4.78 is 4.98. The fourth-order valence-electron chi connectivity index (χ4n) is 9.43. The highest BCUT2D eigenvalue weighted by Gasteiger charge is 2.43. The molecule has 0 bridgehead atoms. The molecular formula is C54H38N2Si. The number of aromatic nitrogens is 2. The molecule has 0 unspecified atom stereocenters. The van der Waals surface area contributed by atoms with Gasteiger partial charge >= 0.3 is 0 Å². The van der Waals surface area contributed by atoms with Gasteiger partial charge in [-0.05, 0) is 74.3 Å². The third-order valence-corrected chi connectivity index (χ3v) is 16.7. The molecule has 11 rings (SSSR count). The third-order valence-electron chi connectivity index (χ3n) is 11.8. The number of rotatable bonds is 7. The lowest BCUT2D eigenvalue weighted by atomic mass is 10.0. The topological polar surface area (TPSA) is 9.86 Å². The molecule has 11 aromatic rings. The van der Waals surface area contributed by atoms with Crippen LogP contribution in [0.1, 0.15) is 0 Å². The fraction of sp³-hybridized carbons (Fsp3) is 0. The second-order valence-corrected chi connectivity index (χ2v) is 18.6. The average Bonchev–Trinajstić information content (AvgIpc) is 3.81. The van der Waals surface area contributed by atoms with E-state index in [1.54, 1.807) is 0 Å². The van der Waals surface area contributed by atoms with Gasteiger partial charge in [0.05, 0.1) is 22.1 Å². The summed E-state index contributed by atoms with van der Waals surface area (Å²) in [6.45, 7) is 0. The monoisotopic (exact) mass is 742 g/mol. The normalized spacial score (nSPS) is 11.9. The maximum Gasteiger partial charge on any atom is 0.181 e. The summed E-state index contributed by atoms with van der Waals surface area (Å²) in [4.78, 5) is 0. The van der Waals surface area contributed by atoms with E-state index < -0.39 is 8.07 Å². The van der Waals surface area contributed by atoms with Gasteiger partial charge in [0.25, 0.3) is 0 Å². The minimum absolute atomic E-state index is 1.15. The molecule has 9 aromatic carbocycles. The molecular weight excluding hydrogens is 705 g/mol. The van der Waals surface area contributed by atoms with Crippen molar-refractivity contribution in [2.45, 2.75) is 0 Å². The van der Waals surface area contributed by atoms with Crippen LogP contribution >= 0.6 is 0 Å². The molecule has 0 aliphatic carbocycles. The Morgan fingerprint density at radius 3 is 1.46 bits per heavy atom. The first-order chi connectivity index (χ1) is 28.3. The van der Waals surface area contributed by atoms with Crippen LogP contribution in [-0.2, 0) is 0 Å². The van der Waals surface area contributed by atoms with Crippen LogP contribution in [0.25, 0.3) is 66.1 Å². The van der Waals surface area contributed by atoms with Crippen molar-refractivity contribution in [2.24, 2.45) is 0 Å². The quantitative estimate of drug-likeness (QED) is 0.114. The Bertz CT molecular complexity index is 3110. The Morgan fingerprint density at radius 1 is 0.281 bits per heavy atom. The summed E-state index contributed by atoms with van der Waals surface area (Å²) in [7, 11) is -2.93. The van der Waals surface area contributed by atoms with Crippen molar-refractivity contribution < 1.29 is 0 Å². The van der Waals surface area contributed by atoms with Crippen LogP contribution in [0.4, 0.5) is 0 Å². The molecule has 0 amide bonds. The lowest BCUT2D eigenvalue weighted by Crippen LogP contribution is -2.75. The highest BCUT2D eigenvalue weighted by Crippen LogP contribution is 2.38. The smallest absolute Gasteiger partial charge is 0.181 e. The van der Waals surface area contributed by atoms with Crippen LogP contribution in [0.5, 0.6) is 0 Å². The molecule has 2 aromatic heterocycles. The predicted molar refractivity (Wildman–Crippen MR) is 244 cm³/mol. The summed E-state index contributed by atoms with van der Waals surface area (Å²) in [5.41, 5.74) is 9.56. The molecule has 0 fully saturated rings. The minimum atomic E-state index is -2.93. The number of benzene rings is 9. The molecule has 0 atom stereocenters. The molecule has 2 nitrogen and oxygen atoms in total. The van der Waals surface area contributed by atoms with Crippen molar-refractivity contribution in [2.75, 3.05) is 0 Å². The van der Waals surface area contributed by atoms with Gasteiger partial charge < -0.3 is 9.13 Å². The second kappa shape index (κ2) is 13.5. The van der Waals surface area contributed by atoms with Gasteiger partial charge in [0, 0.05) is 32.9 Å². The van der Waals surface area contributed by atoms with Gasteiger partial charge in [-0.1, -0.05) is 188 Å². The Morgan fingerprint density at radius 2 is 0.807 bits per heavy atom. The van der Waals surface area contributed by atoms with Crippen molar-refractivity contribution in [1.82, 2.24) is 9.13 Å². The highest BCUT2D eigenvalue weighted by molar-refractivity contribution is 7.20. The Hall–Kier alpha value is -7.20. The Balaban J connectivity index is 1.31. The van der Waals surface area contributed by atoms with Crippen molar-refractivity contribution in [1.29, 1.82) is 0 Å².